The second-order valence-corrected chi connectivity index (χ2v) is 11.7. The summed E-state index contributed by atoms with van der Waals surface area (Å²) in [4.78, 5) is 18.5. The first-order valence-corrected chi connectivity index (χ1v) is 14.2. The molecular formula is C25H26ClFN4O5S. The molecule has 0 bridgehead atoms. The number of amides is 1. The van der Waals surface area contributed by atoms with Crippen LogP contribution in [0, 0.1) is 5.82 Å². The molecule has 1 amide bonds. The Labute approximate surface area is 219 Å². The molecule has 2 aromatic carbocycles. The molecule has 37 heavy (non-hydrogen) atoms. The minimum Gasteiger partial charge on any atom is -0.457 e. The molecule has 0 radical (unpaired) electrons. The summed E-state index contributed by atoms with van der Waals surface area (Å²) in [5.41, 5.74) is 1.36. The van der Waals surface area contributed by atoms with Crippen molar-refractivity contribution in [1.82, 2.24) is 19.3 Å². The fraction of sp³-hybridized carbons (Fsp3) is 0.400. The van der Waals surface area contributed by atoms with Gasteiger partial charge in [0, 0.05) is 55.7 Å². The van der Waals surface area contributed by atoms with Crippen LogP contribution in [0.2, 0.25) is 5.02 Å². The van der Waals surface area contributed by atoms with Crippen molar-refractivity contribution in [3.8, 4) is 23.0 Å². The number of carbonyl (C=O) groups is 1. The Kier molecular flexibility index (Phi) is 7.19. The quantitative estimate of drug-likeness (QED) is 0.425. The van der Waals surface area contributed by atoms with Gasteiger partial charge >= 0.3 is 0 Å². The molecule has 0 unspecified atom stereocenters. The molecule has 196 valence electrons. The molecule has 0 N–H and O–H groups in total. The zero-order valence-corrected chi connectivity index (χ0v) is 21.8. The summed E-state index contributed by atoms with van der Waals surface area (Å²) in [6.07, 6.45) is 3.74. The van der Waals surface area contributed by atoms with E-state index in [1.165, 1.54) is 22.7 Å². The molecule has 5 rings (SSSR count). The van der Waals surface area contributed by atoms with Crippen molar-refractivity contribution < 1.29 is 26.9 Å². The summed E-state index contributed by atoms with van der Waals surface area (Å²) in [7, 11) is -3.22. The molecule has 2 saturated heterocycles. The summed E-state index contributed by atoms with van der Waals surface area (Å²) < 4.78 is 50.6. The van der Waals surface area contributed by atoms with E-state index < -0.39 is 15.8 Å². The molecule has 2 aliphatic rings. The lowest BCUT2D eigenvalue weighted by Crippen LogP contribution is -2.37. The number of piperidine rings is 1. The van der Waals surface area contributed by atoms with Crippen molar-refractivity contribution in [3.63, 3.8) is 0 Å². The molecule has 0 spiro atoms. The lowest BCUT2D eigenvalue weighted by atomic mass is 9.97. The number of carbonyl (C=O) groups excluding carboxylic acids is 1. The predicted molar refractivity (Wildman–Crippen MR) is 134 cm³/mol. The topological polar surface area (TPSA) is 106 Å². The first-order chi connectivity index (χ1) is 17.7. The number of hydrogen-bond acceptors (Lipinski definition) is 7. The average molecular weight is 549 g/mol. The molecule has 0 atom stereocenters. The summed E-state index contributed by atoms with van der Waals surface area (Å²) in [5.74, 6) is 0.973. The molecule has 9 nitrogen and oxygen atoms in total. The van der Waals surface area contributed by atoms with Crippen molar-refractivity contribution in [2.75, 3.05) is 25.9 Å². The van der Waals surface area contributed by atoms with Crippen LogP contribution in [0.3, 0.4) is 0 Å². The minimum atomic E-state index is -3.22. The van der Waals surface area contributed by atoms with Crippen molar-refractivity contribution in [2.24, 2.45) is 0 Å². The largest absolute Gasteiger partial charge is 0.457 e. The second-order valence-electron chi connectivity index (χ2n) is 9.31. The molecule has 0 saturated carbocycles. The van der Waals surface area contributed by atoms with Crippen LogP contribution in [-0.2, 0) is 21.4 Å². The van der Waals surface area contributed by atoms with E-state index in [1.807, 2.05) is 12.1 Å². The first kappa shape index (κ1) is 25.6. The number of likely N-dealkylation sites (tertiary alicyclic amines) is 1. The van der Waals surface area contributed by atoms with Gasteiger partial charge in [-0.05, 0) is 43.5 Å². The Morgan fingerprint density at radius 2 is 1.95 bits per heavy atom. The van der Waals surface area contributed by atoms with Crippen LogP contribution in [0.25, 0.3) is 11.5 Å². The summed E-state index contributed by atoms with van der Waals surface area (Å²) in [5, 5.41) is 4.13. The molecule has 12 heteroatoms. The van der Waals surface area contributed by atoms with Crippen molar-refractivity contribution in [2.45, 2.75) is 38.1 Å². The van der Waals surface area contributed by atoms with E-state index in [2.05, 4.69) is 10.1 Å². The first-order valence-electron chi connectivity index (χ1n) is 12.0. The van der Waals surface area contributed by atoms with Gasteiger partial charge in [0.25, 0.3) is 5.89 Å². The molecule has 3 heterocycles. The number of ether oxygens (including phenoxy) is 1. The number of nitrogens with zero attached hydrogens (tertiary/aromatic N) is 4. The van der Waals surface area contributed by atoms with E-state index >= 15 is 0 Å². The van der Waals surface area contributed by atoms with Crippen LogP contribution < -0.4 is 4.74 Å². The van der Waals surface area contributed by atoms with Gasteiger partial charge in [-0.1, -0.05) is 22.8 Å². The normalized spacial score (nSPS) is 17.5. The smallest absolute Gasteiger partial charge is 0.258 e. The highest BCUT2D eigenvalue weighted by Crippen LogP contribution is 2.34. The summed E-state index contributed by atoms with van der Waals surface area (Å²) in [6.45, 7) is 1.85. The van der Waals surface area contributed by atoms with E-state index in [-0.39, 0.29) is 28.5 Å². The molecule has 2 fully saturated rings. The predicted octanol–water partition coefficient (Wildman–Crippen LogP) is 4.58. The molecule has 1 aromatic heterocycles. The van der Waals surface area contributed by atoms with Crippen LogP contribution >= 0.6 is 11.6 Å². The van der Waals surface area contributed by atoms with Crippen molar-refractivity contribution >= 4 is 27.5 Å². The zero-order chi connectivity index (χ0) is 26.2. The molecule has 3 aromatic rings. The third-order valence-electron chi connectivity index (χ3n) is 6.70. The lowest BCUT2D eigenvalue weighted by Gasteiger charge is -2.28. The van der Waals surface area contributed by atoms with E-state index in [0.29, 0.717) is 62.6 Å². The number of halogens is 2. The van der Waals surface area contributed by atoms with E-state index in [9.17, 15) is 17.6 Å². The average Bonchev–Trinajstić information content (AvgIpc) is 3.52. The van der Waals surface area contributed by atoms with Gasteiger partial charge in [0.15, 0.2) is 5.82 Å². The maximum atomic E-state index is 14.0. The zero-order valence-electron chi connectivity index (χ0n) is 20.2. The van der Waals surface area contributed by atoms with Crippen LogP contribution in [0.15, 0.2) is 40.9 Å². The summed E-state index contributed by atoms with van der Waals surface area (Å²) in [6, 6.07) is 9.56. The van der Waals surface area contributed by atoms with Gasteiger partial charge in [0.05, 0.1) is 11.3 Å². The number of hydrogen-bond donors (Lipinski definition) is 0. The molecule has 2 aliphatic heterocycles. The van der Waals surface area contributed by atoms with Gasteiger partial charge in [-0.15, -0.1) is 0 Å². The second kappa shape index (κ2) is 10.4. The van der Waals surface area contributed by atoms with Crippen LogP contribution in [0.1, 0.15) is 43.0 Å². The van der Waals surface area contributed by atoms with Gasteiger partial charge in [-0.2, -0.15) is 4.98 Å². The third kappa shape index (κ3) is 5.78. The van der Waals surface area contributed by atoms with Gasteiger partial charge in [0.1, 0.15) is 17.3 Å². The van der Waals surface area contributed by atoms with Gasteiger partial charge in [-0.25, -0.2) is 17.1 Å². The van der Waals surface area contributed by atoms with Crippen LogP contribution in [0.5, 0.6) is 11.5 Å². The SMILES string of the molecule is CS(=O)(=O)N1CCC(c2noc(-c3ccc(CN4CCCC4=O)c(Oc4ccc(Cl)c(F)c4)c3)n2)CC1. The maximum absolute atomic E-state index is 14.0. The van der Waals surface area contributed by atoms with Gasteiger partial charge in [0.2, 0.25) is 15.9 Å². The minimum absolute atomic E-state index is 0.00949. The Bertz CT molecular complexity index is 1420. The van der Waals surface area contributed by atoms with Crippen molar-refractivity contribution in [3.05, 3.63) is 58.6 Å². The number of benzene rings is 2. The number of aromatic nitrogens is 2. The van der Waals surface area contributed by atoms with E-state index in [0.717, 1.165) is 12.0 Å². The summed E-state index contributed by atoms with van der Waals surface area (Å²) >= 11 is 5.81. The van der Waals surface area contributed by atoms with Crippen LogP contribution in [-0.4, -0.2) is 59.6 Å². The number of rotatable bonds is 7. The molecule has 0 aliphatic carbocycles. The Morgan fingerprint density at radius 3 is 2.62 bits per heavy atom. The highest BCUT2D eigenvalue weighted by molar-refractivity contribution is 7.88. The van der Waals surface area contributed by atoms with Crippen molar-refractivity contribution in [1.29, 1.82) is 0 Å². The van der Waals surface area contributed by atoms with E-state index in [4.69, 9.17) is 20.9 Å². The lowest BCUT2D eigenvalue weighted by molar-refractivity contribution is -0.128. The highest BCUT2D eigenvalue weighted by atomic mass is 35.5. The van der Waals surface area contributed by atoms with Gasteiger partial charge in [-0.3, -0.25) is 4.79 Å². The fourth-order valence-electron chi connectivity index (χ4n) is 4.62. The maximum Gasteiger partial charge on any atom is 0.258 e. The Hall–Kier alpha value is -3.02. The molecular weight excluding hydrogens is 523 g/mol. The van der Waals surface area contributed by atoms with Gasteiger partial charge < -0.3 is 14.2 Å². The standard InChI is InChI=1S/C25H26ClFN4O5S/c1-37(33,34)31-11-8-16(9-12-31)24-28-25(36-29-24)17-4-5-18(15-30-10-2-3-23(30)32)22(13-17)35-19-6-7-20(26)21(27)14-19/h4-7,13-14,16H,2-3,8-12,15H2,1H3. The third-order valence-corrected chi connectivity index (χ3v) is 8.31. The highest BCUT2D eigenvalue weighted by Gasteiger charge is 2.29. The Morgan fingerprint density at radius 1 is 1.16 bits per heavy atom. The fourth-order valence-corrected chi connectivity index (χ4v) is 5.61. The van der Waals surface area contributed by atoms with E-state index in [1.54, 1.807) is 17.0 Å². The number of sulfonamides is 1. The monoisotopic (exact) mass is 548 g/mol. The van der Waals surface area contributed by atoms with Crippen LogP contribution in [0.4, 0.5) is 4.39 Å². The Balaban J connectivity index is 1.40.